The van der Waals surface area contributed by atoms with E-state index in [9.17, 15) is 4.79 Å². The van der Waals surface area contributed by atoms with Gasteiger partial charge in [-0.15, -0.1) is 0 Å². The second-order valence-electron chi connectivity index (χ2n) is 5.40. The van der Waals surface area contributed by atoms with Crippen molar-refractivity contribution >= 4 is 22.9 Å². The molecule has 0 aliphatic carbocycles. The number of H-pyrrole nitrogens is 2. The average molecular weight is 297 g/mol. The van der Waals surface area contributed by atoms with Crippen LogP contribution in [0.1, 0.15) is 31.0 Å². The molecule has 0 saturated heterocycles. The SMILES string of the molecule is CCCCc1ccc2nc(Nc3nc(C)cc(=O)[nH]3)[nH]c2c1. The lowest BCUT2D eigenvalue weighted by atomic mass is 10.1. The number of hydrogen-bond acceptors (Lipinski definition) is 4. The minimum absolute atomic E-state index is 0.187. The van der Waals surface area contributed by atoms with Crippen LogP contribution in [0.2, 0.25) is 0 Å². The van der Waals surface area contributed by atoms with Crippen LogP contribution < -0.4 is 10.9 Å². The van der Waals surface area contributed by atoms with Gasteiger partial charge in [0.05, 0.1) is 11.0 Å². The van der Waals surface area contributed by atoms with Crippen molar-refractivity contribution in [3.8, 4) is 0 Å². The molecule has 3 aromatic rings. The van der Waals surface area contributed by atoms with Gasteiger partial charge in [0.25, 0.3) is 5.56 Å². The Morgan fingerprint density at radius 2 is 1.95 bits per heavy atom. The predicted octanol–water partition coefficient (Wildman–Crippen LogP) is 3.04. The normalized spacial score (nSPS) is 11.0. The number of nitrogens with zero attached hydrogens (tertiary/aromatic N) is 2. The minimum atomic E-state index is -0.187. The molecule has 0 aliphatic rings. The lowest BCUT2D eigenvalue weighted by Crippen LogP contribution is -2.10. The summed E-state index contributed by atoms with van der Waals surface area (Å²) < 4.78 is 0. The third-order valence-electron chi connectivity index (χ3n) is 3.47. The van der Waals surface area contributed by atoms with Gasteiger partial charge < -0.3 is 4.98 Å². The summed E-state index contributed by atoms with van der Waals surface area (Å²) in [5.41, 5.74) is 3.63. The third kappa shape index (κ3) is 3.16. The van der Waals surface area contributed by atoms with Crippen molar-refractivity contribution in [2.75, 3.05) is 5.32 Å². The average Bonchev–Trinajstić information content (AvgIpc) is 2.85. The van der Waals surface area contributed by atoms with Gasteiger partial charge in [0.2, 0.25) is 11.9 Å². The summed E-state index contributed by atoms with van der Waals surface area (Å²) in [6.07, 6.45) is 3.43. The van der Waals surface area contributed by atoms with Gasteiger partial charge in [-0.1, -0.05) is 19.4 Å². The largest absolute Gasteiger partial charge is 0.324 e. The number of nitrogens with one attached hydrogen (secondary N) is 3. The first kappa shape index (κ1) is 14.3. The zero-order valence-electron chi connectivity index (χ0n) is 12.7. The second kappa shape index (κ2) is 6.01. The van der Waals surface area contributed by atoms with E-state index in [0.29, 0.717) is 17.6 Å². The smallest absolute Gasteiger partial charge is 0.252 e. The molecule has 2 aromatic heterocycles. The molecule has 6 heteroatoms. The van der Waals surface area contributed by atoms with Gasteiger partial charge in [0.1, 0.15) is 0 Å². The summed E-state index contributed by atoms with van der Waals surface area (Å²) in [4.78, 5) is 26.0. The first-order valence-electron chi connectivity index (χ1n) is 7.47. The van der Waals surface area contributed by atoms with E-state index in [1.54, 1.807) is 6.92 Å². The number of aromatic amines is 2. The van der Waals surface area contributed by atoms with Crippen LogP contribution in [0.3, 0.4) is 0 Å². The number of hydrogen-bond donors (Lipinski definition) is 3. The monoisotopic (exact) mass is 297 g/mol. The molecule has 3 rings (SSSR count). The standard InChI is InChI=1S/C16H19N5O/c1-3-4-5-11-6-7-12-13(9-11)19-16(18-12)21-15-17-10(2)8-14(22)20-15/h6-9H,3-5H2,1-2H3,(H3,17,18,19,20,21,22). The number of unbranched alkanes of at least 4 members (excludes halogenated alkanes) is 1. The fourth-order valence-corrected chi connectivity index (χ4v) is 2.40. The molecule has 0 fully saturated rings. The quantitative estimate of drug-likeness (QED) is 0.675. The molecule has 114 valence electrons. The number of rotatable bonds is 5. The molecule has 2 heterocycles. The summed E-state index contributed by atoms with van der Waals surface area (Å²) in [6, 6.07) is 7.68. The molecule has 22 heavy (non-hydrogen) atoms. The Hall–Kier alpha value is -2.63. The maximum atomic E-state index is 11.5. The van der Waals surface area contributed by atoms with Crippen LogP contribution >= 0.6 is 0 Å². The highest BCUT2D eigenvalue weighted by atomic mass is 16.1. The molecule has 0 radical (unpaired) electrons. The molecule has 0 spiro atoms. The number of imidazole rings is 1. The summed E-state index contributed by atoms with van der Waals surface area (Å²) >= 11 is 0. The van der Waals surface area contributed by atoms with Crippen LogP contribution in [-0.2, 0) is 6.42 Å². The zero-order chi connectivity index (χ0) is 15.5. The Kier molecular flexibility index (Phi) is 3.91. The van der Waals surface area contributed by atoms with E-state index < -0.39 is 0 Å². The third-order valence-corrected chi connectivity index (χ3v) is 3.47. The van der Waals surface area contributed by atoms with E-state index in [1.807, 2.05) is 6.07 Å². The Labute approximate surface area is 128 Å². The van der Waals surface area contributed by atoms with Crippen LogP contribution in [0.25, 0.3) is 11.0 Å². The van der Waals surface area contributed by atoms with Gasteiger partial charge in [-0.3, -0.25) is 15.1 Å². The predicted molar refractivity (Wildman–Crippen MR) is 87.6 cm³/mol. The molecule has 0 amide bonds. The lowest BCUT2D eigenvalue weighted by Gasteiger charge is -2.01. The molecule has 6 nitrogen and oxygen atoms in total. The molecule has 0 saturated carbocycles. The summed E-state index contributed by atoms with van der Waals surface area (Å²) in [5.74, 6) is 0.951. The van der Waals surface area contributed by atoms with Crippen molar-refractivity contribution in [2.45, 2.75) is 33.1 Å². The van der Waals surface area contributed by atoms with Crippen molar-refractivity contribution in [1.29, 1.82) is 0 Å². The first-order valence-corrected chi connectivity index (χ1v) is 7.47. The van der Waals surface area contributed by atoms with E-state index in [0.717, 1.165) is 17.5 Å². The topological polar surface area (TPSA) is 86.5 Å². The molecule has 0 unspecified atom stereocenters. The van der Waals surface area contributed by atoms with E-state index >= 15 is 0 Å². The van der Waals surface area contributed by atoms with Gasteiger partial charge in [-0.25, -0.2) is 9.97 Å². The van der Waals surface area contributed by atoms with Gasteiger partial charge in [0.15, 0.2) is 0 Å². The number of aryl methyl sites for hydroxylation is 2. The summed E-state index contributed by atoms with van der Waals surface area (Å²) in [7, 11) is 0. The molecule has 0 bridgehead atoms. The molecular formula is C16H19N5O. The Bertz CT molecular complexity index is 849. The number of benzene rings is 1. The molecular weight excluding hydrogens is 278 g/mol. The van der Waals surface area contributed by atoms with Gasteiger partial charge in [-0.05, 0) is 37.5 Å². The highest BCUT2D eigenvalue weighted by Gasteiger charge is 2.06. The Morgan fingerprint density at radius 1 is 1.14 bits per heavy atom. The molecule has 3 N–H and O–H groups in total. The number of anilines is 2. The van der Waals surface area contributed by atoms with Crippen LogP contribution in [0, 0.1) is 6.92 Å². The van der Waals surface area contributed by atoms with Crippen LogP contribution in [-0.4, -0.2) is 19.9 Å². The van der Waals surface area contributed by atoms with Gasteiger partial charge >= 0.3 is 0 Å². The Balaban J connectivity index is 1.86. The van der Waals surface area contributed by atoms with Crippen molar-refractivity contribution in [3.05, 3.63) is 45.9 Å². The minimum Gasteiger partial charge on any atom is -0.324 e. The second-order valence-corrected chi connectivity index (χ2v) is 5.40. The van der Waals surface area contributed by atoms with E-state index in [2.05, 4.69) is 44.3 Å². The van der Waals surface area contributed by atoms with Crippen molar-refractivity contribution < 1.29 is 0 Å². The first-order chi connectivity index (χ1) is 10.6. The zero-order valence-corrected chi connectivity index (χ0v) is 12.7. The molecule has 0 aliphatic heterocycles. The highest BCUT2D eigenvalue weighted by Crippen LogP contribution is 2.18. The van der Waals surface area contributed by atoms with E-state index in [-0.39, 0.29) is 5.56 Å². The van der Waals surface area contributed by atoms with Crippen LogP contribution in [0.15, 0.2) is 29.1 Å². The van der Waals surface area contributed by atoms with Crippen LogP contribution in [0.4, 0.5) is 11.9 Å². The fourth-order valence-electron chi connectivity index (χ4n) is 2.40. The maximum absolute atomic E-state index is 11.5. The highest BCUT2D eigenvalue weighted by molar-refractivity contribution is 5.78. The van der Waals surface area contributed by atoms with Crippen LogP contribution in [0.5, 0.6) is 0 Å². The van der Waals surface area contributed by atoms with Gasteiger partial charge in [0, 0.05) is 11.8 Å². The summed E-state index contributed by atoms with van der Waals surface area (Å²) in [5, 5.41) is 3.00. The van der Waals surface area contributed by atoms with Gasteiger partial charge in [-0.2, -0.15) is 0 Å². The van der Waals surface area contributed by atoms with Crippen molar-refractivity contribution in [1.82, 2.24) is 19.9 Å². The number of fused-ring (bicyclic) bond motifs is 1. The number of aromatic nitrogens is 4. The molecule has 0 atom stereocenters. The van der Waals surface area contributed by atoms with Crippen molar-refractivity contribution in [2.24, 2.45) is 0 Å². The molecule has 1 aromatic carbocycles. The summed E-state index contributed by atoms with van der Waals surface area (Å²) in [6.45, 7) is 3.96. The van der Waals surface area contributed by atoms with Crippen molar-refractivity contribution in [3.63, 3.8) is 0 Å². The fraction of sp³-hybridized carbons (Fsp3) is 0.312. The lowest BCUT2D eigenvalue weighted by molar-refractivity contribution is 0.796. The van der Waals surface area contributed by atoms with E-state index in [4.69, 9.17) is 0 Å². The van der Waals surface area contributed by atoms with E-state index in [1.165, 1.54) is 24.5 Å². The maximum Gasteiger partial charge on any atom is 0.252 e. The Morgan fingerprint density at radius 3 is 2.73 bits per heavy atom.